The zero-order valence-corrected chi connectivity index (χ0v) is 13.8. The van der Waals surface area contributed by atoms with Crippen LogP contribution in [0.5, 0.6) is 5.75 Å². The van der Waals surface area contributed by atoms with E-state index in [4.69, 9.17) is 0 Å². The van der Waals surface area contributed by atoms with E-state index in [-0.39, 0.29) is 11.7 Å². The second-order valence-electron chi connectivity index (χ2n) is 5.85. The van der Waals surface area contributed by atoms with Crippen LogP contribution in [0.15, 0.2) is 42.6 Å². The molecule has 1 heterocycles. The Morgan fingerprint density at radius 1 is 1.21 bits per heavy atom. The van der Waals surface area contributed by atoms with Crippen molar-refractivity contribution < 1.29 is 9.90 Å². The Morgan fingerprint density at radius 3 is 2.79 bits per heavy atom. The second-order valence-corrected chi connectivity index (χ2v) is 5.85. The lowest BCUT2D eigenvalue weighted by atomic mass is 10.1. The maximum absolute atomic E-state index is 12.2. The van der Waals surface area contributed by atoms with Crippen molar-refractivity contribution in [3.63, 3.8) is 0 Å². The van der Waals surface area contributed by atoms with Gasteiger partial charge >= 0.3 is 0 Å². The zero-order valence-electron chi connectivity index (χ0n) is 13.8. The average molecular weight is 323 g/mol. The van der Waals surface area contributed by atoms with Crippen LogP contribution in [-0.4, -0.2) is 29.6 Å². The molecule has 4 N–H and O–H groups in total. The topological polar surface area (TPSA) is 77.2 Å². The van der Waals surface area contributed by atoms with Crippen molar-refractivity contribution in [2.24, 2.45) is 0 Å². The number of nitrogens with one attached hydrogen (secondary N) is 3. The first-order chi connectivity index (χ1) is 11.6. The molecule has 0 saturated carbocycles. The van der Waals surface area contributed by atoms with E-state index in [1.54, 1.807) is 12.1 Å². The minimum Gasteiger partial charge on any atom is -0.507 e. The number of fused-ring (bicyclic) bond motifs is 1. The predicted molar refractivity (Wildman–Crippen MR) is 96.7 cm³/mol. The fourth-order valence-corrected chi connectivity index (χ4v) is 2.78. The number of phenols is 1. The summed E-state index contributed by atoms with van der Waals surface area (Å²) in [4.78, 5) is 15.4. The summed E-state index contributed by atoms with van der Waals surface area (Å²) >= 11 is 0. The van der Waals surface area contributed by atoms with Gasteiger partial charge in [0.1, 0.15) is 5.75 Å². The van der Waals surface area contributed by atoms with Gasteiger partial charge in [-0.3, -0.25) is 4.79 Å². The summed E-state index contributed by atoms with van der Waals surface area (Å²) in [7, 11) is 1.89. The van der Waals surface area contributed by atoms with E-state index in [2.05, 4.69) is 21.7 Å². The summed E-state index contributed by atoms with van der Waals surface area (Å²) < 4.78 is 0. The van der Waals surface area contributed by atoms with E-state index in [0.29, 0.717) is 18.5 Å². The standard InChI is InChI=1S/C19H21N3O2/c1-12-3-5-15(18(23)9-12)19(24)21-8-7-13-11-22-17-6-4-14(20-2)10-16(13)17/h3-6,9-11,20,22-23H,7-8H2,1-2H3,(H,21,24). The summed E-state index contributed by atoms with van der Waals surface area (Å²) in [5.74, 6) is -0.249. The van der Waals surface area contributed by atoms with Crippen molar-refractivity contribution in [2.75, 3.05) is 18.9 Å². The van der Waals surface area contributed by atoms with E-state index in [9.17, 15) is 9.90 Å². The summed E-state index contributed by atoms with van der Waals surface area (Å²) in [6.07, 6.45) is 2.69. The summed E-state index contributed by atoms with van der Waals surface area (Å²) in [5.41, 5.74) is 4.50. The molecular formula is C19H21N3O2. The lowest BCUT2D eigenvalue weighted by molar-refractivity contribution is 0.0951. The van der Waals surface area contributed by atoms with E-state index in [1.807, 2.05) is 38.4 Å². The van der Waals surface area contributed by atoms with Crippen LogP contribution in [0.2, 0.25) is 0 Å². The van der Waals surface area contributed by atoms with Crippen molar-refractivity contribution in [2.45, 2.75) is 13.3 Å². The van der Waals surface area contributed by atoms with Crippen LogP contribution in [0.25, 0.3) is 10.9 Å². The molecule has 0 saturated heterocycles. The largest absolute Gasteiger partial charge is 0.507 e. The van der Waals surface area contributed by atoms with Crippen LogP contribution in [0.3, 0.4) is 0 Å². The quantitative estimate of drug-likeness (QED) is 0.582. The summed E-state index contributed by atoms with van der Waals surface area (Å²) in [5, 5.41) is 17.0. The van der Waals surface area contributed by atoms with Crippen LogP contribution < -0.4 is 10.6 Å². The first-order valence-corrected chi connectivity index (χ1v) is 7.94. The van der Waals surface area contributed by atoms with Crippen molar-refractivity contribution in [1.29, 1.82) is 0 Å². The van der Waals surface area contributed by atoms with Crippen LogP contribution in [0.4, 0.5) is 5.69 Å². The number of carbonyl (C=O) groups is 1. The van der Waals surface area contributed by atoms with Gasteiger partial charge in [0.2, 0.25) is 0 Å². The maximum Gasteiger partial charge on any atom is 0.255 e. The number of amides is 1. The monoisotopic (exact) mass is 323 g/mol. The number of aryl methyl sites for hydroxylation is 1. The summed E-state index contributed by atoms with van der Waals surface area (Å²) in [6, 6.07) is 11.2. The third kappa shape index (κ3) is 3.20. The maximum atomic E-state index is 12.2. The zero-order chi connectivity index (χ0) is 17.1. The lowest BCUT2D eigenvalue weighted by Gasteiger charge is -2.07. The molecular weight excluding hydrogens is 302 g/mol. The molecule has 5 nitrogen and oxygen atoms in total. The van der Waals surface area contributed by atoms with Crippen molar-refractivity contribution in [3.8, 4) is 5.75 Å². The highest BCUT2D eigenvalue weighted by atomic mass is 16.3. The molecule has 24 heavy (non-hydrogen) atoms. The minimum absolute atomic E-state index is 0.0123. The lowest BCUT2D eigenvalue weighted by Crippen LogP contribution is -2.25. The van der Waals surface area contributed by atoms with Gasteiger partial charge in [-0.25, -0.2) is 0 Å². The Morgan fingerprint density at radius 2 is 2.04 bits per heavy atom. The van der Waals surface area contributed by atoms with E-state index in [0.717, 1.165) is 27.7 Å². The highest BCUT2D eigenvalue weighted by Gasteiger charge is 2.11. The van der Waals surface area contributed by atoms with Gasteiger partial charge in [0.05, 0.1) is 5.56 Å². The van der Waals surface area contributed by atoms with Crippen molar-refractivity contribution in [3.05, 3.63) is 59.3 Å². The molecule has 0 aliphatic rings. The van der Waals surface area contributed by atoms with Crippen molar-refractivity contribution in [1.82, 2.24) is 10.3 Å². The van der Waals surface area contributed by atoms with Gasteiger partial charge < -0.3 is 20.7 Å². The number of aromatic amines is 1. The molecule has 0 fully saturated rings. The molecule has 3 rings (SSSR count). The van der Waals surface area contributed by atoms with Crippen molar-refractivity contribution >= 4 is 22.5 Å². The Balaban J connectivity index is 1.67. The molecule has 1 amide bonds. The molecule has 0 bridgehead atoms. The first kappa shape index (κ1) is 15.9. The van der Waals surface area contributed by atoms with Crippen LogP contribution in [0, 0.1) is 6.92 Å². The number of aromatic nitrogens is 1. The fourth-order valence-electron chi connectivity index (χ4n) is 2.78. The Labute approximate surface area is 140 Å². The molecule has 0 unspecified atom stereocenters. The SMILES string of the molecule is CNc1ccc2[nH]cc(CCNC(=O)c3ccc(C)cc3O)c2c1. The first-order valence-electron chi connectivity index (χ1n) is 7.94. The van der Waals surface area contributed by atoms with Gasteiger partial charge in [-0.15, -0.1) is 0 Å². The van der Waals surface area contributed by atoms with Crippen LogP contribution >= 0.6 is 0 Å². The Hall–Kier alpha value is -2.95. The predicted octanol–water partition coefficient (Wildman–Crippen LogP) is 3.20. The van der Waals surface area contributed by atoms with E-state index >= 15 is 0 Å². The van der Waals surface area contributed by atoms with Gasteiger partial charge in [0, 0.05) is 36.4 Å². The number of H-pyrrole nitrogens is 1. The fraction of sp³-hybridized carbons (Fsp3) is 0.211. The Kier molecular flexibility index (Phi) is 4.42. The molecule has 1 aromatic heterocycles. The van der Waals surface area contributed by atoms with Crippen LogP contribution in [-0.2, 0) is 6.42 Å². The highest BCUT2D eigenvalue weighted by Crippen LogP contribution is 2.22. The second kappa shape index (κ2) is 6.66. The third-order valence-electron chi connectivity index (χ3n) is 4.13. The van der Waals surface area contributed by atoms with Gasteiger partial charge in [-0.05, 0) is 54.8 Å². The van der Waals surface area contributed by atoms with Gasteiger partial charge in [-0.2, -0.15) is 0 Å². The van der Waals surface area contributed by atoms with E-state index < -0.39 is 0 Å². The normalized spacial score (nSPS) is 10.8. The number of hydrogen-bond donors (Lipinski definition) is 4. The van der Waals surface area contributed by atoms with Crippen LogP contribution in [0.1, 0.15) is 21.5 Å². The number of rotatable bonds is 5. The smallest absolute Gasteiger partial charge is 0.255 e. The number of benzene rings is 2. The number of carbonyl (C=O) groups excluding carboxylic acids is 1. The highest BCUT2D eigenvalue weighted by molar-refractivity contribution is 5.97. The number of hydrogen-bond acceptors (Lipinski definition) is 3. The third-order valence-corrected chi connectivity index (χ3v) is 4.13. The van der Waals surface area contributed by atoms with Gasteiger partial charge in [-0.1, -0.05) is 6.07 Å². The number of phenolic OH excluding ortho intramolecular Hbond substituents is 1. The molecule has 3 aromatic rings. The molecule has 0 atom stereocenters. The van der Waals surface area contributed by atoms with Gasteiger partial charge in [0.15, 0.2) is 0 Å². The number of aromatic hydroxyl groups is 1. The molecule has 124 valence electrons. The Bertz CT molecular complexity index is 883. The van der Waals surface area contributed by atoms with E-state index in [1.165, 1.54) is 0 Å². The molecule has 0 aliphatic heterocycles. The molecule has 2 aromatic carbocycles. The minimum atomic E-state index is -0.261. The van der Waals surface area contributed by atoms with Gasteiger partial charge in [0.25, 0.3) is 5.91 Å². The average Bonchev–Trinajstić information content (AvgIpc) is 2.97. The molecule has 5 heteroatoms. The molecule has 0 aliphatic carbocycles. The molecule has 0 spiro atoms. The molecule has 0 radical (unpaired) electrons. The summed E-state index contributed by atoms with van der Waals surface area (Å²) in [6.45, 7) is 2.38. The number of anilines is 1.